The SMILES string of the molecule is COc1ccc(CNCc2ccc(C#N)s2)cn1. The summed E-state index contributed by atoms with van der Waals surface area (Å²) < 4.78 is 5.00. The van der Waals surface area contributed by atoms with Crippen LogP contribution >= 0.6 is 11.3 Å². The summed E-state index contributed by atoms with van der Waals surface area (Å²) in [5, 5.41) is 12.0. The first-order chi connectivity index (χ1) is 8.81. The summed E-state index contributed by atoms with van der Waals surface area (Å²) in [6.07, 6.45) is 1.79. The van der Waals surface area contributed by atoms with Crippen LogP contribution in [0.2, 0.25) is 0 Å². The van der Waals surface area contributed by atoms with Gasteiger partial charge in [0, 0.05) is 30.2 Å². The maximum absolute atomic E-state index is 8.72. The van der Waals surface area contributed by atoms with Crippen LogP contribution in [-0.4, -0.2) is 12.1 Å². The number of thiophene rings is 1. The minimum absolute atomic E-state index is 0.621. The van der Waals surface area contributed by atoms with Gasteiger partial charge in [0.05, 0.1) is 7.11 Å². The highest BCUT2D eigenvalue weighted by atomic mass is 32.1. The molecule has 2 rings (SSSR count). The average Bonchev–Trinajstić information content (AvgIpc) is 2.87. The van der Waals surface area contributed by atoms with E-state index >= 15 is 0 Å². The molecule has 0 amide bonds. The van der Waals surface area contributed by atoms with Gasteiger partial charge < -0.3 is 10.1 Å². The number of hydrogen-bond acceptors (Lipinski definition) is 5. The molecule has 1 N–H and O–H groups in total. The average molecular weight is 259 g/mol. The van der Waals surface area contributed by atoms with Crippen LogP contribution in [0, 0.1) is 11.3 Å². The van der Waals surface area contributed by atoms with E-state index in [1.165, 1.54) is 11.3 Å². The molecule has 4 nitrogen and oxygen atoms in total. The number of rotatable bonds is 5. The van der Waals surface area contributed by atoms with Crippen molar-refractivity contribution in [3.8, 4) is 11.9 Å². The van der Waals surface area contributed by atoms with Gasteiger partial charge in [-0.15, -0.1) is 11.3 Å². The Labute approximate surface area is 110 Å². The molecule has 0 aliphatic heterocycles. The number of aromatic nitrogens is 1. The quantitative estimate of drug-likeness (QED) is 0.895. The van der Waals surface area contributed by atoms with Crippen molar-refractivity contribution in [2.75, 3.05) is 7.11 Å². The van der Waals surface area contributed by atoms with Crippen molar-refractivity contribution in [3.05, 3.63) is 45.8 Å². The molecule has 0 aromatic carbocycles. The highest BCUT2D eigenvalue weighted by molar-refractivity contribution is 7.12. The van der Waals surface area contributed by atoms with Gasteiger partial charge in [-0.25, -0.2) is 4.98 Å². The molecular weight excluding hydrogens is 246 g/mol. The molecule has 0 saturated carbocycles. The number of ether oxygens (including phenoxy) is 1. The summed E-state index contributed by atoms with van der Waals surface area (Å²) in [5.74, 6) is 0.621. The van der Waals surface area contributed by atoms with Crippen LogP contribution in [0.4, 0.5) is 0 Å². The Morgan fingerprint density at radius 1 is 1.33 bits per heavy atom. The van der Waals surface area contributed by atoms with E-state index in [0.717, 1.165) is 28.4 Å². The number of nitriles is 1. The number of pyridine rings is 1. The Balaban J connectivity index is 1.82. The Morgan fingerprint density at radius 2 is 2.22 bits per heavy atom. The predicted octanol–water partition coefficient (Wildman–Crippen LogP) is 2.31. The molecule has 5 heteroatoms. The summed E-state index contributed by atoms with van der Waals surface area (Å²) >= 11 is 1.51. The molecule has 0 atom stereocenters. The smallest absolute Gasteiger partial charge is 0.212 e. The summed E-state index contributed by atoms with van der Waals surface area (Å²) in [6, 6.07) is 9.78. The van der Waals surface area contributed by atoms with Crippen molar-refractivity contribution in [1.82, 2.24) is 10.3 Å². The van der Waals surface area contributed by atoms with Crippen LogP contribution in [0.5, 0.6) is 5.88 Å². The zero-order chi connectivity index (χ0) is 12.8. The van der Waals surface area contributed by atoms with Crippen molar-refractivity contribution >= 4 is 11.3 Å². The summed E-state index contributed by atoms with van der Waals surface area (Å²) in [6.45, 7) is 1.51. The first-order valence-electron chi connectivity index (χ1n) is 5.50. The van der Waals surface area contributed by atoms with E-state index in [-0.39, 0.29) is 0 Å². The molecule has 0 aliphatic rings. The molecule has 0 unspecified atom stereocenters. The van der Waals surface area contributed by atoms with Crippen LogP contribution in [0.15, 0.2) is 30.5 Å². The van der Waals surface area contributed by atoms with Crippen molar-refractivity contribution in [3.63, 3.8) is 0 Å². The van der Waals surface area contributed by atoms with E-state index in [9.17, 15) is 0 Å². The van der Waals surface area contributed by atoms with Gasteiger partial charge in [0.1, 0.15) is 10.9 Å². The van der Waals surface area contributed by atoms with Crippen LogP contribution in [0.25, 0.3) is 0 Å². The minimum Gasteiger partial charge on any atom is -0.481 e. The van der Waals surface area contributed by atoms with Crippen LogP contribution < -0.4 is 10.1 Å². The van der Waals surface area contributed by atoms with Crippen LogP contribution in [-0.2, 0) is 13.1 Å². The van der Waals surface area contributed by atoms with Crippen molar-refractivity contribution in [2.24, 2.45) is 0 Å². The Bertz CT molecular complexity index is 542. The second-order valence-electron chi connectivity index (χ2n) is 3.69. The normalized spacial score (nSPS) is 10.0. The largest absolute Gasteiger partial charge is 0.481 e. The third-order valence-electron chi connectivity index (χ3n) is 2.41. The third-order valence-corrected chi connectivity index (χ3v) is 3.40. The van der Waals surface area contributed by atoms with Gasteiger partial charge in [-0.3, -0.25) is 0 Å². The fourth-order valence-corrected chi connectivity index (χ4v) is 2.27. The van der Waals surface area contributed by atoms with Gasteiger partial charge in [-0.05, 0) is 17.7 Å². The molecule has 2 aromatic rings. The number of nitrogens with one attached hydrogen (secondary N) is 1. The fourth-order valence-electron chi connectivity index (χ4n) is 1.50. The highest BCUT2D eigenvalue weighted by Crippen LogP contribution is 2.15. The van der Waals surface area contributed by atoms with E-state index in [0.29, 0.717) is 5.88 Å². The molecule has 0 saturated heterocycles. The fraction of sp³-hybridized carbons (Fsp3) is 0.231. The third kappa shape index (κ3) is 3.29. The van der Waals surface area contributed by atoms with Gasteiger partial charge >= 0.3 is 0 Å². The number of nitrogens with zero attached hydrogens (tertiary/aromatic N) is 2. The zero-order valence-electron chi connectivity index (χ0n) is 10.0. The second kappa shape index (κ2) is 6.15. The van der Waals surface area contributed by atoms with Gasteiger partial charge in [0.2, 0.25) is 5.88 Å². The molecule has 18 heavy (non-hydrogen) atoms. The van der Waals surface area contributed by atoms with Crippen LogP contribution in [0.3, 0.4) is 0 Å². The predicted molar refractivity (Wildman–Crippen MR) is 70.4 cm³/mol. The lowest BCUT2D eigenvalue weighted by molar-refractivity contribution is 0.397. The first-order valence-corrected chi connectivity index (χ1v) is 6.32. The topological polar surface area (TPSA) is 57.9 Å². The summed E-state index contributed by atoms with van der Waals surface area (Å²) in [5.41, 5.74) is 1.10. The van der Waals surface area contributed by atoms with Crippen molar-refractivity contribution in [2.45, 2.75) is 13.1 Å². The molecule has 2 aromatic heterocycles. The van der Waals surface area contributed by atoms with E-state index in [1.54, 1.807) is 13.3 Å². The summed E-state index contributed by atoms with van der Waals surface area (Å²) in [4.78, 5) is 6.05. The highest BCUT2D eigenvalue weighted by Gasteiger charge is 1.99. The number of methoxy groups -OCH3 is 1. The molecular formula is C13H13N3OS. The Hall–Kier alpha value is -1.90. The molecule has 92 valence electrons. The maximum Gasteiger partial charge on any atom is 0.212 e. The second-order valence-corrected chi connectivity index (χ2v) is 4.86. The first kappa shape index (κ1) is 12.6. The maximum atomic E-state index is 8.72. The molecule has 0 fully saturated rings. The van der Waals surface area contributed by atoms with Gasteiger partial charge in [0.15, 0.2) is 0 Å². The van der Waals surface area contributed by atoms with Crippen molar-refractivity contribution in [1.29, 1.82) is 5.26 Å². The van der Waals surface area contributed by atoms with Crippen LogP contribution in [0.1, 0.15) is 15.3 Å². The van der Waals surface area contributed by atoms with Gasteiger partial charge in [-0.2, -0.15) is 5.26 Å². The molecule has 0 radical (unpaired) electrons. The summed E-state index contributed by atoms with van der Waals surface area (Å²) in [7, 11) is 1.60. The van der Waals surface area contributed by atoms with E-state index < -0.39 is 0 Å². The molecule has 2 heterocycles. The molecule has 0 spiro atoms. The van der Waals surface area contributed by atoms with E-state index in [4.69, 9.17) is 10.00 Å². The molecule has 0 aliphatic carbocycles. The lowest BCUT2D eigenvalue weighted by Gasteiger charge is -2.04. The lowest BCUT2D eigenvalue weighted by Crippen LogP contribution is -2.11. The number of hydrogen-bond donors (Lipinski definition) is 1. The lowest BCUT2D eigenvalue weighted by atomic mass is 10.3. The zero-order valence-corrected chi connectivity index (χ0v) is 10.8. The minimum atomic E-state index is 0.621. The standard InChI is InChI=1S/C13H13N3OS/c1-17-13-5-2-10(8-16-13)7-15-9-12-4-3-11(6-14)18-12/h2-5,8,15H,7,9H2,1H3. The van der Waals surface area contributed by atoms with E-state index in [1.807, 2.05) is 24.3 Å². The molecule has 0 bridgehead atoms. The van der Waals surface area contributed by atoms with Crippen molar-refractivity contribution < 1.29 is 4.74 Å². The van der Waals surface area contributed by atoms with Gasteiger partial charge in [-0.1, -0.05) is 6.07 Å². The van der Waals surface area contributed by atoms with Gasteiger partial charge in [0.25, 0.3) is 0 Å². The van der Waals surface area contributed by atoms with E-state index in [2.05, 4.69) is 16.4 Å². The Morgan fingerprint density at radius 3 is 2.83 bits per heavy atom. The monoisotopic (exact) mass is 259 g/mol. The Kier molecular flexibility index (Phi) is 4.29.